The minimum atomic E-state index is -0.308. The second-order valence-corrected chi connectivity index (χ2v) is 5.70. The molecule has 19 heavy (non-hydrogen) atoms. The van der Waals surface area contributed by atoms with Crippen molar-refractivity contribution in [1.29, 1.82) is 0 Å². The van der Waals surface area contributed by atoms with Gasteiger partial charge >= 0.3 is 0 Å². The average Bonchev–Trinajstić information content (AvgIpc) is 2.60. The minimum absolute atomic E-state index is 0.0487. The summed E-state index contributed by atoms with van der Waals surface area (Å²) in [5.41, 5.74) is 0. The number of carbonyl (C=O) groups is 1. The maximum absolute atomic E-state index is 11.9. The Kier molecular flexibility index (Phi) is 8.07. The summed E-state index contributed by atoms with van der Waals surface area (Å²) in [6, 6.07) is -0.154. The number of carbonyl (C=O) groups excluding carboxylic acids is 1. The molecule has 0 aromatic heterocycles. The maximum atomic E-state index is 11.9. The molecule has 1 rings (SSSR count). The van der Waals surface area contributed by atoms with Crippen LogP contribution in [0.2, 0.25) is 0 Å². The first kappa shape index (κ1) is 16.4. The molecule has 112 valence electrons. The summed E-state index contributed by atoms with van der Waals surface area (Å²) in [5, 5.41) is 16.3. The number of hydrogen-bond donors (Lipinski definition) is 3. The van der Waals surface area contributed by atoms with Crippen molar-refractivity contribution in [1.82, 2.24) is 10.6 Å². The highest BCUT2D eigenvalue weighted by molar-refractivity contribution is 5.81. The molecule has 0 aromatic carbocycles. The van der Waals surface area contributed by atoms with E-state index in [1.165, 1.54) is 6.42 Å². The van der Waals surface area contributed by atoms with E-state index in [1.54, 1.807) is 0 Å². The monoisotopic (exact) mass is 270 g/mol. The molecular weight excluding hydrogens is 240 g/mol. The first-order chi connectivity index (χ1) is 9.15. The van der Waals surface area contributed by atoms with Crippen molar-refractivity contribution < 1.29 is 9.90 Å². The van der Waals surface area contributed by atoms with Gasteiger partial charge < -0.3 is 15.7 Å². The highest BCUT2D eigenvalue weighted by Gasteiger charge is 2.24. The van der Waals surface area contributed by atoms with Crippen LogP contribution in [0.25, 0.3) is 0 Å². The highest BCUT2D eigenvalue weighted by Crippen LogP contribution is 2.18. The number of hydrogen-bond acceptors (Lipinski definition) is 3. The van der Waals surface area contributed by atoms with E-state index in [4.69, 9.17) is 0 Å². The van der Waals surface area contributed by atoms with E-state index in [-0.39, 0.29) is 24.1 Å². The number of nitrogens with one attached hydrogen (secondary N) is 2. The molecule has 0 aromatic rings. The Hall–Kier alpha value is -0.610. The standard InChI is InChI=1S/C15H30N2O2/c1-3-4-8-11-16-15(19)12(2)17-13-9-6-5-7-10-14(13)18/h12-14,17-18H,3-11H2,1-2H3,(H,16,19). The third kappa shape index (κ3) is 6.39. The molecule has 3 unspecified atom stereocenters. The first-order valence-electron chi connectivity index (χ1n) is 7.87. The molecular formula is C15H30N2O2. The molecule has 4 nitrogen and oxygen atoms in total. The van der Waals surface area contributed by atoms with Gasteiger partial charge in [-0.25, -0.2) is 0 Å². The lowest BCUT2D eigenvalue weighted by Crippen LogP contribution is -2.50. The quantitative estimate of drug-likeness (QED) is 0.489. The lowest BCUT2D eigenvalue weighted by molar-refractivity contribution is -0.123. The molecule has 1 saturated carbocycles. The van der Waals surface area contributed by atoms with Crippen molar-refractivity contribution in [3.63, 3.8) is 0 Å². The first-order valence-corrected chi connectivity index (χ1v) is 7.87. The molecule has 0 bridgehead atoms. The Balaban J connectivity index is 2.27. The van der Waals surface area contributed by atoms with Gasteiger partial charge in [-0.2, -0.15) is 0 Å². The molecule has 4 heteroatoms. The van der Waals surface area contributed by atoms with Crippen LogP contribution >= 0.6 is 0 Å². The molecule has 3 N–H and O–H groups in total. The summed E-state index contributed by atoms with van der Waals surface area (Å²) in [5.74, 6) is 0.0487. The molecule has 0 spiro atoms. The average molecular weight is 270 g/mol. The van der Waals surface area contributed by atoms with Crippen LogP contribution in [0.3, 0.4) is 0 Å². The van der Waals surface area contributed by atoms with Gasteiger partial charge in [0.25, 0.3) is 0 Å². The van der Waals surface area contributed by atoms with Crippen molar-refractivity contribution >= 4 is 5.91 Å². The zero-order valence-electron chi connectivity index (χ0n) is 12.5. The molecule has 1 fully saturated rings. The number of amides is 1. The van der Waals surface area contributed by atoms with Crippen molar-refractivity contribution in [3.05, 3.63) is 0 Å². The smallest absolute Gasteiger partial charge is 0.236 e. The van der Waals surface area contributed by atoms with E-state index in [9.17, 15) is 9.90 Å². The SMILES string of the molecule is CCCCCNC(=O)C(C)NC1CCCCCC1O. The van der Waals surface area contributed by atoms with Gasteiger partial charge in [0.05, 0.1) is 12.1 Å². The normalized spacial score (nSPS) is 25.6. The predicted octanol–water partition coefficient (Wildman–Crippen LogP) is 1.96. The molecule has 0 aliphatic heterocycles. The Morgan fingerprint density at radius 1 is 1.26 bits per heavy atom. The third-order valence-corrected chi connectivity index (χ3v) is 3.92. The number of aliphatic hydroxyl groups is 1. The van der Waals surface area contributed by atoms with Crippen LogP contribution in [-0.4, -0.2) is 35.7 Å². The zero-order valence-corrected chi connectivity index (χ0v) is 12.5. The van der Waals surface area contributed by atoms with Crippen LogP contribution < -0.4 is 10.6 Å². The summed E-state index contributed by atoms with van der Waals surface area (Å²) in [6.07, 6.45) is 8.29. The Labute approximate surface area is 117 Å². The lowest BCUT2D eigenvalue weighted by atomic mass is 10.0. The second kappa shape index (κ2) is 9.32. The van der Waals surface area contributed by atoms with Gasteiger partial charge in [0.15, 0.2) is 0 Å². The van der Waals surface area contributed by atoms with Crippen molar-refractivity contribution in [2.45, 2.75) is 83.4 Å². The topological polar surface area (TPSA) is 61.4 Å². The Bertz CT molecular complexity index is 259. The second-order valence-electron chi connectivity index (χ2n) is 5.70. The molecule has 0 radical (unpaired) electrons. The molecule has 1 aliphatic rings. The summed E-state index contributed by atoms with van der Waals surface area (Å²) in [4.78, 5) is 11.9. The summed E-state index contributed by atoms with van der Waals surface area (Å²) >= 11 is 0. The fourth-order valence-electron chi connectivity index (χ4n) is 2.62. The van der Waals surface area contributed by atoms with Crippen LogP contribution in [-0.2, 0) is 4.79 Å². The maximum Gasteiger partial charge on any atom is 0.236 e. The van der Waals surface area contributed by atoms with Crippen molar-refractivity contribution in [2.24, 2.45) is 0 Å². The van der Waals surface area contributed by atoms with Crippen molar-refractivity contribution in [2.75, 3.05) is 6.54 Å². The van der Waals surface area contributed by atoms with Gasteiger partial charge in [0.1, 0.15) is 0 Å². The Morgan fingerprint density at radius 3 is 2.74 bits per heavy atom. The molecule has 0 heterocycles. The van der Waals surface area contributed by atoms with Crippen LogP contribution in [0.15, 0.2) is 0 Å². The number of aliphatic hydroxyl groups excluding tert-OH is 1. The third-order valence-electron chi connectivity index (χ3n) is 3.92. The van der Waals surface area contributed by atoms with E-state index >= 15 is 0 Å². The summed E-state index contributed by atoms with van der Waals surface area (Å²) in [7, 11) is 0. The van der Waals surface area contributed by atoms with Gasteiger partial charge in [-0.15, -0.1) is 0 Å². The fourth-order valence-corrected chi connectivity index (χ4v) is 2.62. The zero-order chi connectivity index (χ0) is 14.1. The van der Waals surface area contributed by atoms with Gasteiger partial charge in [0.2, 0.25) is 5.91 Å². The number of unbranched alkanes of at least 4 members (excludes halogenated alkanes) is 2. The van der Waals surface area contributed by atoms with E-state index in [1.807, 2.05) is 6.92 Å². The van der Waals surface area contributed by atoms with Crippen LogP contribution in [0.4, 0.5) is 0 Å². The van der Waals surface area contributed by atoms with E-state index in [0.717, 1.165) is 51.5 Å². The van der Waals surface area contributed by atoms with Gasteiger partial charge in [-0.05, 0) is 26.2 Å². The van der Waals surface area contributed by atoms with E-state index in [2.05, 4.69) is 17.6 Å². The molecule has 0 saturated heterocycles. The van der Waals surface area contributed by atoms with Gasteiger partial charge in [0, 0.05) is 12.6 Å². The molecule has 1 aliphatic carbocycles. The fraction of sp³-hybridized carbons (Fsp3) is 0.933. The Morgan fingerprint density at radius 2 is 2.00 bits per heavy atom. The largest absolute Gasteiger partial charge is 0.392 e. The summed E-state index contributed by atoms with van der Waals surface area (Å²) < 4.78 is 0. The van der Waals surface area contributed by atoms with Gasteiger partial charge in [-0.3, -0.25) is 4.79 Å². The van der Waals surface area contributed by atoms with Crippen LogP contribution in [0, 0.1) is 0 Å². The number of rotatable bonds is 7. The van der Waals surface area contributed by atoms with Crippen molar-refractivity contribution in [3.8, 4) is 0 Å². The summed E-state index contributed by atoms with van der Waals surface area (Å²) in [6.45, 7) is 4.79. The highest BCUT2D eigenvalue weighted by atomic mass is 16.3. The molecule has 3 atom stereocenters. The minimum Gasteiger partial charge on any atom is -0.392 e. The lowest BCUT2D eigenvalue weighted by Gasteiger charge is -2.25. The van der Waals surface area contributed by atoms with E-state index < -0.39 is 0 Å². The predicted molar refractivity (Wildman–Crippen MR) is 78.0 cm³/mol. The van der Waals surface area contributed by atoms with Crippen LogP contribution in [0.1, 0.15) is 65.2 Å². The van der Waals surface area contributed by atoms with Gasteiger partial charge in [-0.1, -0.05) is 39.0 Å². The van der Waals surface area contributed by atoms with Crippen LogP contribution in [0.5, 0.6) is 0 Å². The molecule has 1 amide bonds. The van der Waals surface area contributed by atoms with E-state index in [0.29, 0.717) is 0 Å².